The Labute approximate surface area is 224 Å². The van der Waals surface area contributed by atoms with Crippen LogP contribution in [0, 0.1) is 6.92 Å². The van der Waals surface area contributed by atoms with E-state index in [2.05, 4.69) is 132 Å². The molecule has 6 aromatic rings. The van der Waals surface area contributed by atoms with Gasteiger partial charge in [0.25, 0.3) is 0 Å². The number of nitrogens with zero attached hydrogens (tertiary/aromatic N) is 2. The van der Waals surface area contributed by atoms with Gasteiger partial charge in [-0.15, -0.1) is 0 Å². The topological polar surface area (TPSA) is 9.86 Å². The van der Waals surface area contributed by atoms with Crippen molar-refractivity contribution in [2.75, 3.05) is 0 Å². The van der Waals surface area contributed by atoms with Gasteiger partial charge in [-0.25, -0.2) is 0 Å². The lowest BCUT2D eigenvalue weighted by Crippen LogP contribution is -2.09. The third-order valence-corrected chi connectivity index (χ3v) is 8.25. The largest absolute Gasteiger partial charge is 0.317 e. The van der Waals surface area contributed by atoms with Gasteiger partial charge in [-0.05, 0) is 74.9 Å². The Morgan fingerprint density at radius 3 is 1.76 bits per heavy atom. The zero-order valence-electron chi connectivity index (χ0n) is 22.1. The van der Waals surface area contributed by atoms with E-state index >= 15 is 0 Å². The zero-order chi connectivity index (χ0) is 25.6. The molecule has 0 spiro atoms. The van der Waals surface area contributed by atoms with Crippen molar-refractivity contribution in [2.24, 2.45) is 0 Å². The van der Waals surface area contributed by atoms with Crippen molar-refractivity contribution in [2.45, 2.75) is 39.5 Å². The fraction of sp³-hybridized carbons (Fsp3) is 0.167. The van der Waals surface area contributed by atoms with Crippen LogP contribution in [-0.4, -0.2) is 9.13 Å². The molecular weight excluding hydrogens is 460 g/mol. The maximum absolute atomic E-state index is 2.56. The van der Waals surface area contributed by atoms with E-state index in [1.165, 1.54) is 86.1 Å². The van der Waals surface area contributed by atoms with Crippen LogP contribution in [0.1, 0.15) is 42.3 Å². The second-order valence-electron chi connectivity index (χ2n) is 10.4. The van der Waals surface area contributed by atoms with Crippen LogP contribution in [0.3, 0.4) is 0 Å². The molecule has 2 aromatic heterocycles. The lowest BCUT2D eigenvalue weighted by atomic mass is 9.94. The smallest absolute Gasteiger partial charge is 0.0541 e. The normalized spacial score (nSPS) is 13.5. The molecule has 0 amide bonds. The molecule has 0 N–H and O–H groups in total. The molecule has 2 heterocycles. The Morgan fingerprint density at radius 1 is 0.605 bits per heavy atom. The number of para-hydroxylation sites is 4. The predicted molar refractivity (Wildman–Crippen MR) is 162 cm³/mol. The number of allylic oxidation sites excluding steroid dienone is 1. The Kier molecular flexibility index (Phi) is 5.55. The van der Waals surface area contributed by atoms with Gasteiger partial charge in [0.05, 0.1) is 22.4 Å². The van der Waals surface area contributed by atoms with E-state index < -0.39 is 0 Å². The quantitative estimate of drug-likeness (QED) is 0.232. The molecule has 2 nitrogen and oxygen atoms in total. The van der Waals surface area contributed by atoms with E-state index in [9.17, 15) is 0 Å². The zero-order valence-corrected chi connectivity index (χ0v) is 22.1. The molecule has 38 heavy (non-hydrogen) atoms. The molecule has 0 bridgehead atoms. The number of hydrogen-bond acceptors (Lipinski definition) is 0. The fourth-order valence-corrected chi connectivity index (χ4v) is 6.66. The van der Waals surface area contributed by atoms with Gasteiger partial charge >= 0.3 is 0 Å². The second kappa shape index (κ2) is 9.22. The summed E-state index contributed by atoms with van der Waals surface area (Å²) in [4.78, 5) is 0. The maximum Gasteiger partial charge on any atom is 0.0541 e. The summed E-state index contributed by atoms with van der Waals surface area (Å²) < 4.78 is 5.00. The minimum absolute atomic E-state index is 1.14. The molecule has 0 radical (unpaired) electrons. The van der Waals surface area contributed by atoms with Gasteiger partial charge in [-0.2, -0.15) is 0 Å². The van der Waals surface area contributed by atoms with Crippen molar-refractivity contribution in [1.29, 1.82) is 0 Å². The first-order valence-corrected chi connectivity index (χ1v) is 13.8. The maximum atomic E-state index is 2.56. The predicted octanol–water partition coefficient (Wildman–Crippen LogP) is 9.46. The summed E-state index contributed by atoms with van der Waals surface area (Å²) in [6.45, 7) is 4.42. The average molecular weight is 493 g/mol. The highest BCUT2D eigenvalue weighted by Crippen LogP contribution is 2.40. The van der Waals surface area contributed by atoms with Crippen LogP contribution < -0.4 is 0 Å². The Bertz CT molecular complexity index is 1790. The number of fused-ring (bicyclic) bond motifs is 4. The number of aromatic nitrogens is 2. The van der Waals surface area contributed by atoms with Gasteiger partial charge < -0.3 is 9.13 Å². The van der Waals surface area contributed by atoms with E-state index in [-0.39, 0.29) is 0 Å². The van der Waals surface area contributed by atoms with Crippen LogP contribution in [0.5, 0.6) is 0 Å². The van der Waals surface area contributed by atoms with Crippen molar-refractivity contribution in [1.82, 2.24) is 9.13 Å². The molecule has 0 atom stereocenters. The van der Waals surface area contributed by atoms with Crippen LogP contribution >= 0.6 is 0 Å². The van der Waals surface area contributed by atoms with Gasteiger partial charge in [0.1, 0.15) is 0 Å². The molecular formula is C36H32N2. The molecule has 2 heteroatoms. The number of hydrogen-bond donors (Lipinski definition) is 0. The first-order chi connectivity index (χ1) is 18.8. The first-order valence-electron chi connectivity index (χ1n) is 13.8. The monoisotopic (exact) mass is 492 g/mol. The Morgan fingerprint density at radius 2 is 1.13 bits per heavy atom. The highest BCUT2D eigenvalue weighted by atomic mass is 15.0. The van der Waals surface area contributed by atoms with Crippen molar-refractivity contribution in [3.8, 4) is 22.5 Å². The van der Waals surface area contributed by atoms with Crippen molar-refractivity contribution in [3.05, 3.63) is 126 Å². The molecule has 1 aliphatic carbocycles. The Hall–Kier alpha value is -4.30. The molecule has 0 saturated carbocycles. The number of rotatable bonds is 4. The van der Waals surface area contributed by atoms with Crippen LogP contribution in [0.15, 0.2) is 103 Å². The second-order valence-corrected chi connectivity index (χ2v) is 10.4. The van der Waals surface area contributed by atoms with Gasteiger partial charge in [-0.1, -0.05) is 84.9 Å². The Balaban J connectivity index is 1.52. The third kappa shape index (κ3) is 3.40. The fourth-order valence-electron chi connectivity index (χ4n) is 6.66. The number of benzene rings is 4. The van der Waals surface area contributed by atoms with Crippen molar-refractivity contribution < 1.29 is 0 Å². The van der Waals surface area contributed by atoms with Crippen molar-refractivity contribution in [3.63, 3.8) is 0 Å². The standard InChI is InChI=1S/C36H32N2/c1-3-14-26-25(2)37(32-20-9-4-15-27(26)32)33-21-10-5-16-28(33)29-17-6-11-22-34(29)38-35-23-12-7-18-30(35)31-19-8-13-24-36(31)38/h3,5-8,10-14,16-19,21-24H,4,9,15,20H2,1-2H3/b14-3-. The van der Waals surface area contributed by atoms with Gasteiger partial charge in [0, 0.05) is 33.3 Å². The highest BCUT2D eigenvalue weighted by molar-refractivity contribution is 6.09. The lowest BCUT2D eigenvalue weighted by Gasteiger charge is -2.21. The van der Waals surface area contributed by atoms with Crippen LogP contribution in [-0.2, 0) is 12.8 Å². The minimum atomic E-state index is 1.14. The van der Waals surface area contributed by atoms with E-state index in [1.807, 2.05) is 0 Å². The van der Waals surface area contributed by atoms with Crippen molar-refractivity contribution >= 4 is 27.9 Å². The summed E-state index contributed by atoms with van der Waals surface area (Å²) >= 11 is 0. The molecule has 4 aromatic carbocycles. The molecule has 0 aliphatic heterocycles. The first kappa shape index (κ1) is 22.9. The molecule has 0 saturated heterocycles. The molecule has 0 unspecified atom stereocenters. The van der Waals surface area contributed by atoms with Crippen LogP contribution in [0.25, 0.3) is 50.4 Å². The molecule has 7 rings (SSSR count). The summed E-state index contributed by atoms with van der Waals surface area (Å²) in [6, 6.07) is 35.4. The van der Waals surface area contributed by atoms with E-state index in [1.54, 1.807) is 0 Å². The molecule has 0 fully saturated rings. The van der Waals surface area contributed by atoms with Crippen LogP contribution in [0.4, 0.5) is 0 Å². The lowest BCUT2D eigenvalue weighted by molar-refractivity contribution is 0.661. The van der Waals surface area contributed by atoms with Gasteiger partial charge in [0.15, 0.2) is 0 Å². The van der Waals surface area contributed by atoms with Gasteiger partial charge in [0.2, 0.25) is 0 Å². The highest BCUT2D eigenvalue weighted by Gasteiger charge is 2.24. The summed E-state index contributed by atoms with van der Waals surface area (Å²) in [6.07, 6.45) is 9.33. The van der Waals surface area contributed by atoms with E-state index in [4.69, 9.17) is 0 Å². The van der Waals surface area contributed by atoms with Gasteiger partial charge in [-0.3, -0.25) is 0 Å². The summed E-state index contributed by atoms with van der Waals surface area (Å²) in [5.41, 5.74) is 13.3. The third-order valence-electron chi connectivity index (χ3n) is 8.25. The van der Waals surface area contributed by atoms with E-state index in [0.717, 1.165) is 6.42 Å². The minimum Gasteiger partial charge on any atom is -0.317 e. The molecule has 186 valence electrons. The SMILES string of the molecule is C/C=C\c1c2c(n(-c3ccccc3-c3ccccc3-n3c4ccccc4c4ccccc43)c1C)CCCC2. The summed E-state index contributed by atoms with van der Waals surface area (Å²) in [7, 11) is 0. The molecule has 1 aliphatic rings. The average Bonchev–Trinajstić information content (AvgIpc) is 3.45. The van der Waals surface area contributed by atoms with E-state index in [0.29, 0.717) is 0 Å². The summed E-state index contributed by atoms with van der Waals surface area (Å²) in [5, 5.41) is 2.58. The summed E-state index contributed by atoms with van der Waals surface area (Å²) in [5.74, 6) is 0. The van der Waals surface area contributed by atoms with Crippen LogP contribution in [0.2, 0.25) is 0 Å².